The van der Waals surface area contributed by atoms with Crippen molar-refractivity contribution in [2.45, 2.75) is 18.9 Å². The lowest BCUT2D eigenvalue weighted by atomic mass is 10.2. The van der Waals surface area contributed by atoms with E-state index in [1.165, 1.54) is 0 Å². The van der Waals surface area contributed by atoms with Gasteiger partial charge in [-0.3, -0.25) is 4.79 Å². The zero-order valence-corrected chi connectivity index (χ0v) is 12.6. The molecule has 1 N–H and O–H groups in total. The van der Waals surface area contributed by atoms with Crippen LogP contribution in [0.15, 0.2) is 24.3 Å². The van der Waals surface area contributed by atoms with Crippen LogP contribution < -0.4 is 4.74 Å². The maximum Gasteiger partial charge on any atom is 0.223 e. The average molecular weight is 314 g/mol. The molecular weight excluding hydrogens is 294 g/mol. The van der Waals surface area contributed by atoms with Gasteiger partial charge >= 0.3 is 0 Å². The highest BCUT2D eigenvalue weighted by Crippen LogP contribution is 2.23. The number of benzene rings is 1. The van der Waals surface area contributed by atoms with Gasteiger partial charge < -0.3 is 19.5 Å². The van der Waals surface area contributed by atoms with Crippen molar-refractivity contribution in [2.24, 2.45) is 0 Å². The molecule has 0 aliphatic carbocycles. The van der Waals surface area contributed by atoms with Gasteiger partial charge in [0.2, 0.25) is 5.91 Å². The van der Waals surface area contributed by atoms with Gasteiger partial charge in [-0.2, -0.15) is 0 Å². The number of carbonyl (C=O) groups is 1. The lowest BCUT2D eigenvalue weighted by Crippen LogP contribution is -2.50. The largest absolute Gasteiger partial charge is 0.492 e. The van der Waals surface area contributed by atoms with Crippen molar-refractivity contribution < 1.29 is 19.4 Å². The van der Waals surface area contributed by atoms with Gasteiger partial charge in [0.1, 0.15) is 5.75 Å². The molecule has 1 saturated heterocycles. The minimum atomic E-state index is -0.226. The normalized spacial score (nSPS) is 18.6. The van der Waals surface area contributed by atoms with Gasteiger partial charge in [0.15, 0.2) is 0 Å². The summed E-state index contributed by atoms with van der Waals surface area (Å²) in [4.78, 5) is 13.8. The van der Waals surface area contributed by atoms with Crippen LogP contribution in [0.25, 0.3) is 0 Å². The minimum absolute atomic E-state index is 0.0279. The molecule has 2 rings (SSSR count). The van der Waals surface area contributed by atoms with E-state index < -0.39 is 0 Å². The third-order valence-corrected chi connectivity index (χ3v) is 3.70. The highest BCUT2D eigenvalue weighted by Gasteiger charge is 2.26. The van der Waals surface area contributed by atoms with Crippen LogP contribution in [-0.2, 0) is 9.53 Å². The molecular formula is C15H20ClNO4. The predicted molar refractivity (Wildman–Crippen MR) is 79.6 cm³/mol. The SMILES string of the molecule is O=C(CCCOc1ccccc1Cl)N1CCOCC1CO. The molecule has 1 aliphatic heterocycles. The monoisotopic (exact) mass is 313 g/mol. The Morgan fingerprint density at radius 3 is 3.05 bits per heavy atom. The summed E-state index contributed by atoms with van der Waals surface area (Å²) in [6.45, 7) is 1.83. The summed E-state index contributed by atoms with van der Waals surface area (Å²) in [6.07, 6.45) is 1.00. The number of morpholine rings is 1. The number of aliphatic hydroxyl groups excluding tert-OH is 1. The third-order valence-electron chi connectivity index (χ3n) is 3.39. The maximum absolute atomic E-state index is 12.1. The number of hydrogen-bond donors (Lipinski definition) is 1. The zero-order chi connectivity index (χ0) is 15.1. The van der Waals surface area contributed by atoms with E-state index in [4.69, 9.17) is 21.1 Å². The molecule has 21 heavy (non-hydrogen) atoms. The first kappa shape index (κ1) is 16.1. The quantitative estimate of drug-likeness (QED) is 0.812. The number of halogens is 1. The van der Waals surface area contributed by atoms with E-state index in [9.17, 15) is 9.90 Å². The van der Waals surface area contributed by atoms with Crippen LogP contribution in [0.4, 0.5) is 0 Å². The molecule has 0 spiro atoms. The van der Waals surface area contributed by atoms with E-state index in [-0.39, 0.29) is 18.6 Å². The molecule has 0 bridgehead atoms. The number of carbonyl (C=O) groups excluding carboxylic acids is 1. The standard InChI is InChI=1S/C15H20ClNO4/c16-13-4-1-2-5-14(13)21-8-3-6-15(19)17-7-9-20-11-12(17)10-18/h1-2,4-5,12,18H,3,6-11H2. The van der Waals surface area contributed by atoms with Crippen molar-refractivity contribution in [1.82, 2.24) is 4.90 Å². The van der Waals surface area contributed by atoms with E-state index >= 15 is 0 Å². The van der Waals surface area contributed by atoms with E-state index in [1.54, 1.807) is 17.0 Å². The topological polar surface area (TPSA) is 59.0 Å². The summed E-state index contributed by atoms with van der Waals surface area (Å²) < 4.78 is 10.8. The van der Waals surface area contributed by atoms with Gasteiger partial charge in [-0.1, -0.05) is 23.7 Å². The Hall–Kier alpha value is -1.30. The molecule has 0 radical (unpaired) electrons. The summed E-state index contributed by atoms with van der Waals surface area (Å²) in [7, 11) is 0. The van der Waals surface area contributed by atoms with Crippen molar-refractivity contribution in [3.05, 3.63) is 29.3 Å². The first-order valence-electron chi connectivity index (χ1n) is 7.07. The maximum atomic E-state index is 12.1. The molecule has 1 aliphatic rings. The average Bonchev–Trinajstić information content (AvgIpc) is 2.52. The first-order valence-corrected chi connectivity index (χ1v) is 7.45. The smallest absolute Gasteiger partial charge is 0.223 e. The second-order valence-electron chi connectivity index (χ2n) is 4.88. The molecule has 6 heteroatoms. The molecule has 0 saturated carbocycles. The molecule has 0 aromatic heterocycles. The van der Waals surface area contributed by atoms with Gasteiger partial charge in [0.25, 0.3) is 0 Å². The van der Waals surface area contributed by atoms with Crippen LogP contribution in [0.2, 0.25) is 5.02 Å². The van der Waals surface area contributed by atoms with E-state index in [0.717, 1.165) is 0 Å². The molecule has 1 amide bonds. The number of para-hydroxylation sites is 1. The summed E-state index contributed by atoms with van der Waals surface area (Å²) in [6, 6.07) is 7.03. The fraction of sp³-hybridized carbons (Fsp3) is 0.533. The Bertz CT molecular complexity index is 469. The van der Waals surface area contributed by atoms with Crippen LogP contribution in [-0.4, -0.2) is 54.9 Å². The van der Waals surface area contributed by atoms with Crippen molar-refractivity contribution >= 4 is 17.5 Å². The lowest BCUT2D eigenvalue weighted by molar-refractivity contribution is -0.141. The molecule has 1 unspecified atom stereocenters. The van der Waals surface area contributed by atoms with Crippen LogP contribution in [0.3, 0.4) is 0 Å². The van der Waals surface area contributed by atoms with Crippen molar-refractivity contribution in [3.63, 3.8) is 0 Å². The van der Waals surface area contributed by atoms with Crippen LogP contribution in [0.5, 0.6) is 5.75 Å². The summed E-state index contributed by atoms with van der Waals surface area (Å²) in [5, 5.41) is 9.81. The second-order valence-corrected chi connectivity index (χ2v) is 5.29. The zero-order valence-electron chi connectivity index (χ0n) is 11.8. The van der Waals surface area contributed by atoms with E-state index in [1.807, 2.05) is 12.1 Å². The van der Waals surface area contributed by atoms with E-state index in [2.05, 4.69) is 0 Å². The fourth-order valence-electron chi connectivity index (χ4n) is 2.25. The number of amides is 1. The predicted octanol–water partition coefficient (Wildman–Crippen LogP) is 1.72. The molecule has 1 aromatic carbocycles. The Balaban J connectivity index is 1.73. The second kappa shape index (κ2) is 8.22. The molecule has 1 atom stereocenters. The van der Waals surface area contributed by atoms with Crippen LogP contribution in [0, 0.1) is 0 Å². The van der Waals surface area contributed by atoms with Crippen LogP contribution >= 0.6 is 11.6 Å². The molecule has 1 fully saturated rings. The molecule has 1 aromatic rings. The Labute approximate surface area is 129 Å². The molecule has 116 valence electrons. The summed E-state index contributed by atoms with van der Waals surface area (Å²) in [5.41, 5.74) is 0. The van der Waals surface area contributed by atoms with Gasteiger partial charge in [-0.05, 0) is 18.6 Å². The lowest BCUT2D eigenvalue weighted by Gasteiger charge is -2.34. The number of ether oxygens (including phenoxy) is 2. The number of aliphatic hydroxyl groups is 1. The first-order chi connectivity index (χ1) is 10.2. The number of hydrogen-bond acceptors (Lipinski definition) is 4. The van der Waals surface area contributed by atoms with Gasteiger partial charge in [0.05, 0.1) is 37.5 Å². The molecule has 1 heterocycles. The van der Waals surface area contributed by atoms with Crippen molar-refractivity contribution in [3.8, 4) is 5.75 Å². The minimum Gasteiger partial charge on any atom is -0.492 e. The van der Waals surface area contributed by atoms with Crippen molar-refractivity contribution in [1.29, 1.82) is 0 Å². The summed E-state index contributed by atoms with van der Waals surface area (Å²) >= 11 is 5.98. The molecule has 5 nitrogen and oxygen atoms in total. The van der Waals surface area contributed by atoms with E-state index in [0.29, 0.717) is 50.0 Å². The Morgan fingerprint density at radius 2 is 2.29 bits per heavy atom. The van der Waals surface area contributed by atoms with Gasteiger partial charge in [-0.15, -0.1) is 0 Å². The highest BCUT2D eigenvalue weighted by atomic mass is 35.5. The Kier molecular flexibility index (Phi) is 6.29. The number of nitrogens with zero attached hydrogens (tertiary/aromatic N) is 1. The fourth-order valence-corrected chi connectivity index (χ4v) is 2.44. The Morgan fingerprint density at radius 1 is 1.48 bits per heavy atom. The number of rotatable bonds is 6. The highest BCUT2D eigenvalue weighted by molar-refractivity contribution is 6.32. The van der Waals surface area contributed by atoms with Crippen LogP contribution in [0.1, 0.15) is 12.8 Å². The van der Waals surface area contributed by atoms with Gasteiger partial charge in [-0.25, -0.2) is 0 Å². The van der Waals surface area contributed by atoms with Crippen molar-refractivity contribution in [2.75, 3.05) is 33.0 Å². The summed E-state index contributed by atoms with van der Waals surface area (Å²) in [5.74, 6) is 0.659. The third kappa shape index (κ3) is 4.59. The van der Waals surface area contributed by atoms with Gasteiger partial charge in [0, 0.05) is 13.0 Å².